The maximum atomic E-state index is 3.21. The number of rotatable bonds is 1. The van der Waals surface area contributed by atoms with Gasteiger partial charge in [0.15, 0.2) is 0 Å². The first kappa shape index (κ1) is 12.1. The normalized spacial score (nSPS) is 11.2. The zero-order valence-corrected chi connectivity index (χ0v) is 10.9. The Bertz CT molecular complexity index is 265. The van der Waals surface area contributed by atoms with Gasteiger partial charge in [0, 0.05) is 32.7 Å². The molecule has 0 aliphatic heterocycles. The van der Waals surface area contributed by atoms with E-state index in [2.05, 4.69) is 32.3 Å². The summed E-state index contributed by atoms with van der Waals surface area (Å²) in [6.45, 7) is 8.09. The van der Waals surface area contributed by atoms with E-state index in [1.807, 2.05) is 18.4 Å². The fourth-order valence-corrected chi connectivity index (χ4v) is 0.893. The summed E-state index contributed by atoms with van der Waals surface area (Å²) in [6.07, 6.45) is 8.35. The summed E-state index contributed by atoms with van der Waals surface area (Å²) in [5.74, 6) is 0. The fourth-order valence-electron chi connectivity index (χ4n) is 0.893. The Hall–Kier alpha value is 0.124. The van der Waals surface area contributed by atoms with Crippen LogP contribution in [0.2, 0.25) is 0 Å². The van der Waals surface area contributed by atoms with Crippen LogP contribution in [0.5, 0.6) is 0 Å². The van der Waals surface area contributed by atoms with E-state index in [0.717, 1.165) is 5.70 Å². The van der Waals surface area contributed by atoms with Crippen molar-refractivity contribution < 1.29 is 32.7 Å². The maximum absolute atomic E-state index is 3.21. The molecule has 1 rings (SSSR count). The van der Waals surface area contributed by atoms with Gasteiger partial charge < -0.3 is 10.6 Å². The molecule has 0 aliphatic rings. The van der Waals surface area contributed by atoms with Crippen LogP contribution in [-0.2, 0) is 32.7 Å². The van der Waals surface area contributed by atoms with E-state index >= 15 is 0 Å². The molecule has 63 valence electrons. The van der Waals surface area contributed by atoms with E-state index in [9.17, 15) is 0 Å². The zero-order valence-electron chi connectivity index (χ0n) is 8.10. The van der Waals surface area contributed by atoms with E-state index in [-0.39, 0.29) is 32.7 Å². The van der Waals surface area contributed by atoms with Gasteiger partial charge in [-0.2, -0.15) is 0 Å². The van der Waals surface area contributed by atoms with Gasteiger partial charge >= 0.3 is 0 Å². The molecule has 1 nitrogen and oxygen atoms in total. The van der Waals surface area contributed by atoms with Crippen LogP contribution in [0.25, 0.3) is 5.70 Å². The number of nitrogens with zero attached hydrogens (tertiary/aromatic N) is 1. The first-order chi connectivity index (χ1) is 5.15. The molecule has 0 aromatic carbocycles. The first-order valence-corrected chi connectivity index (χ1v) is 3.74. The molecular formula is C10H13NY-2. The summed E-state index contributed by atoms with van der Waals surface area (Å²) in [4.78, 5) is 0. The van der Waals surface area contributed by atoms with Crippen LogP contribution in [0.15, 0.2) is 6.20 Å². The van der Waals surface area contributed by atoms with Gasteiger partial charge in [0.25, 0.3) is 0 Å². The molecular weight excluding hydrogens is 223 g/mol. The Morgan fingerprint density at radius 1 is 1.50 bits per heavy atom. The molecule has 0 bridgehead atoms. The third-order valence-electron chi connectivity index (χ3n) is 1.93. The van der Waals surface area contributed by atoms with E-state index < -0.39 is 0 Å². The van der Waals surface area contributed by atoms with Gasteiger partial charge in [0.2, 0.25) is 0 Å². The first-order valence-electron chi connectivity index (χ1n) is 3.74. The molecule has 0 amide bonds. The molecule has 2 heteroatoms. The molecule has 0 unspecified atom stereocenters. The Kier molecular flexibility index (Phi) is 5.04. The quantitative estimate of drug-likeness (QED) is 0.660. The summed E-state index contributed by atoms with van der Waals surface area (Å²) in [7, 11) is 0. The summed E-state index contributed by atoms with van der Waals surface area (Å²) in [5.41, 5.74) is 3.58. The van der Waals surface area contributed by atoms with Gasteiger partial charge in [-0.15, -0.1) is 17.3 Å². The number of aryl methyl sites for hydroxylation is 2. The fraction of sp³-hybridized carbons (Fsp3) is 0.400. The Labute approximate surface area is 99.7 Å². The van der Waals surface area contributed by atoms with Crippen molar-refractivity contribution in [3.63, 3.8) is 0 Å². The molecule has 1 aromatic heterocycles. The van der Waals surface area contributed by atoms with Crippen molar-refractivity contribution in [2.45, 2.75) is 27.7 Å². The molecule has 1 heterocycles. The number of hydrogen-bond acceptors (Lipinski definition) is 0. The molecule has 0 saturated heterocycles. The molecule has 0 spiro atoms. The molecule has 0 aliphatic carbocycles. The summed E-state index contributed by atoms with van der Waals surface area (Å²) in [5, 5.41) is 0. The maximum Gasteiger partial charge on any atom is 0 e. The average molecular weight is 236 g/mol. The van der Waals surface area contributed by atoms with Gasteiger partial charge in [-0.25, -0.2) is 12.6 Å². The van der Waals surface area contributed by atoms with Crippen LogP contribution in [0, 0.1) is 26.1 Å². The topological polar surface area (TPSA) is 4.93 Å². The van der Waals surface area contributed by atoms with Crippen LogP contribution < -0.4 is 0 Å². The van der Waals surface area contributed by atoms with Crippen LogP contribution in [0.4, 0.5) is 0 Å². The van der Waals surface area contributed by atoms with Gasteiger partial charge in [-0.05, 0) is 0 Å². The smallest absolute Gasteiger partial charge is 0 e. The molecule has 1 aromatic rings. The molecule has 0 fully saturated rings. The third kappa shape index (κ3) is 2.57. The predicted octanol–water partition coefficient (Wildman–Crippen LogP) is 2.59. The zero-order chi connectivity index (χ0) is 8.43. The Balaban J connectivity index is 0.00000121. The van der Waals surface area contributed by atoms with E-state index in [1.165, 1.54) is 11.1 Å². The summed E-state index contributed by atoms with van der Waals surface area (Å²) < 4.78 is 1.98. The largest absolute Gasteiger partial charge is 0.533 e. The predicted molar refractivity (Wildman–Crippen MR) is 47.0 cm³/mol. The van der Waals surface area contributed by atoms with Gasteiger partial charge in [0.1, 0.15) is 0 Å². The standard InChI is InChI=1S/C10H13N.Y/c1-5-10(4)11-6-8(2)9(3)7-11;/h6H,1-4H3;/q-2;. The van der Waals surface area contributed by atoms with Crippen LogP contribution in [0.1, 0.15) is 25.0 Å². The van der Waals surface area contributed by atoms with E-state index in [0.29, 0.717) is 0 Å². The van der Waals surface area contributed by atoms with Crippen molar-refractivity contribution in [3.8, 4) is 0 Å². The van der Waals surface area contributed by atoms with Crippen molar-refractivity contribution >= 4 is 5.70 Å². The van der Waals surface area contributed by atoms with Crippen molar-refractivity contribution in [2.75, 3.05) is 0 Å². The summed E-state index contributed by atoms with van der Waals surface area (Å²) in [6, 6.07) is 0. The summed E-state index contributed by atoms with van der Waals surface area (Å²) >= 11 is 0. The van der Waals surface area contributed by atoms with Crippen molar-refractivity contribution in [1.29, 1.82) is 0 Å². The molecule has 1 radical (unpaired) electrons. The molecule has 0 N–H and O–H groups in total. The van der Waals surface area contributed by atoms with Crippen LogP contribution in [0.3, 0.4) is 0 Å². The second-order valence-corrected chi connectivity index (χ2v) is 2.75. The Morgan fingerprint density at radius 3 is 2.42 bits per heavy atom. The third-order valence-corrected chi connectivity index (χ3v) is 1.93. The Morgan fingerprint density at radius 2 is 2.08 bits per heavy atom. The number of allylic oxidation sites excluding steroid dienone is 2. The van der Waals surface area contributed by atoms with Crippen molar-refractivity contribution in [1.82, 2.24) is 4.57 Å². The monoisotopic (exact) mass is 236 g/mol. The van der Waals surface area contributed by atoms with Gasteiger partial charge in [-0.1, -0.05) is 27.0 Å². The molecule has 0 atom stereocenters. The van der Waals surface area contributed by atoms with E-state index in [1.54, 1.807) is 0 Å². The average Bonchev–Trinajstić information content (AvgIpc) is 2.31. The van der Waals surface area contributed by atoms with Crippen LogP contribution >= 0.6 is 0 Å². The minimum absolute atomic E-state index is 0. The second kappa shape index (κ2) is 4.98. The minimum Gasteiger partial charge on any atom is -0.533 e. The SMILES string of the molecule is C[C-]=C(C)n1[c-]c(C)c(C)c1.[Y]. The van der Waals surface area contributed by atoms with Crippen LogP contribution in [-0.4, -0.2) is 4.57 Å². The molecule has 0 saturated carbocycles. The molecule has 12 heavy (non-hydrogen) atoms. The minimum atomic E-state index is 0. The second-order valence-electron chi connectivity index (χ2n) is 2.75. The number of hydrogen-bond donors (Lipinski definition) is 0. The van der Waals surface area contributed by atoms with Gasteiger partial charge in [0.05, 0.1) is 0 Å². The number of aromatic nitrogens is 1. The van der Waals surface area contributed by atoms with Crippen molar-refractivity contribution in [2.24, 2.45) is 0 Å². The van der Waals surface area contributed by atoms with Crippen molar-refractivity contribution in [3.05, 3.63) is 29.6 Å². The van der Waals surface area contributed by atoms with Gasteiger partial charge in [-0.3, -0.25) is 0 Å². The van der Waals surface area contributed by atoms with E-state index in [4.69, 9.17) is 0 Å².